The molecule has 4 aromatic rings. The van der Waals surface area contributed by atoms with Crippen molar-refractivity contribution in [3.8, 4) is 0 Å². The lowest BCUT2D eigenvalue weighted by atomic mass is 10.2. The summed E-state index contributed by atoms with van der Waals surface area (Å²) in [5, 5.41) is 0. The second-order valence-corrected chi connectivity index (χ2v) is 7.97. The molecule has 0 saturated heterocycles. The highest BCUT2D eigenvalue weighted by molar-refractivity contribution is 5.86. The Labute approximate surface area is 183 Å². The molecular formula is C23H24N4O5. The summed E-state index contributed by atoms with van der Waals surface area (Å²) in [7, 11) is 1.25. The number of methoxy groups -OCH3 is 1. The minimum Gasteiger partial charge on any atom is -0.463 e. The van der Waals surface area contributed by atoms with Crippen LogP contribution in [0.2, 0.25) is 0 Å². The lowest BCUT2D eigenvalue weighted by molar-refractivity contribution is 0.0563. The molecule has 9 heteroatoms. The van der Waals surface area contributed by atoms with Gasteiger partial charge in [0.05, 0.1) is 26.5 Å². The fourth-order valence-corrected chi connectivity index (χ4v) is 3.65. The first-order valence-corrected chi connectivity index (χ1v) is 10.3. The summed E-state index contributed by atoms with van der Waals surface area (Å²) in [4.78, 5) is 42.9. The van der Waals surface area contributed by atoms with E-state index in [0.29, 0.717) is 23.5 Å². The van der Waals surface area contributed by atoms with E-state index in [1.165, 1.54) is 17.7 Å². The Morgan fingerprint density at radius 2 is 1.81 bits per heavy atom. The van der Waals surface area contributed by atoms with E-state index in [0.717, 1.165) is 10.1 Å². The third-order valence-electron chi connectivity index (χ3n) is 5.09. The zero-order valence-corrected chi connectivity index (χ0v) is 18.1. The standard InChI is InChI=1S/C23H24N4O5/c1-15(2)11-25-14-24-20-19(25)21(28)27(13-17-9-10-18(32-17)22(29)31-3)23(30)26(20)12-16-7-5-4-6-8-16/h4-10,14-15H,11-13H2,1-3H3. The van der Waals surface area contributed by atoms with Crippen LogP contribution in [0.3, 0.4) is 0 Å². The molecule has 0 aliphatic carbocycles. The van der Waals surface area contributed by atoms with Crippen molar-refractivity contribution in [1.82, 2.24) is 18.7 Å². The van der Waals surface area contributed by atoms with Gasteiger partial charge in [0, 0.05) is 6.54 Å². The molecule has 0 aliphatic heterocycles. The molecule has 4 rings (SSSR count). The highest BCUT2D eigenvalue weighted by Crippen LogP contribution is 2.13. The van der Waals surface area contributed by atoms with E-state index in [1.54, 1.807) is 17.0 Å². The first-order chi connectivity index (χ1) is 15.4. The van der Waals surface area contributed by atoms with E-state index >= 15 is 0 Å². The van der Waals surface area contributed by atoms with Gasteiger partial charge in [-0.2, -0.15) is 0 Å². The fraction of sp³-hybridized carbons (Fsp3) is 0.304. The van der Waals surface area contributed by atoms with Gasteiger partial charge in [-0.3, -0.25) is 13.9 Å². The lowest BCUT2D eigenvalue weighted by Crippen LogP contribution is -2.41. The number of carbonyl (C=O) groups is 1. The molecule has 0 radical (unpaired) electrons. The summed E-state index contributed by atoms with van der Waals surface area (Å²) in [5.74, 6) is -0.0470. The topological polar surface area (TPSA) is 101 Å². The molecule has 0 aliphatic rings. The Balaban J connectivity index is 1.87. The Morgan fingerprint density at radius 3 is 2.50 bits per heavy atom. The monoisotopic (exact) mass is 436 g/mol. The Hall–Kier alpha value is -3.88. The first-order valence-electron chi connectivity index (χ1n) is 10.3. The summed E-state index contributed by atoms with van der Waals surface area (Å²) in [6.45, 7) is 4.82. The van der Waals surface area contributed by atoms with E-state index in [4.69, 9.17) is 4.42 Å². The van der Waals surface area contributed by atoms with Crippen LogP contribution in [0.1, 0.15) is 35.7 Å². The van der Waals surface area contributed by atoms with Crippen LogP contribution < -0.4 is 11.2 Å². The third-order valence-corrected chi connectivity index (χ3v) is 5.09. The van der Waals surface area contributed by atoms with Gasteiger partial charge in [-0.05, 0) is 23.6 Å². The number of nitrogens with zero attached hydrogens (tertiary/aromatic N) is 4. The number of imidazole rings is 1. The number of furan rings is 1. The van der Waals surface area contributed by atoms with Crippen LogP contribution in [0.15, 0.2) is 62.8 Å². The molecule has 3 heterocycles. The summed E-state index contributed by atoms with van der Waals surface area (Å²) in [6.07, 6.45) is 1.60. The number of fused-ring (bicyclic) bond motifs is 1. The summed E-state index contributed by atoms with van der Waals surface area (Å²) >= 11 is 0. The van der Waals surface area contributed by atoms with Gasteiger partial charge in [0.2, 0.25) is 5.76 Å². The van der Waals surface area contributed by atoms with Gasteiger partial charge in [0.15, 0.2) is 11.2 Å². The number of esters is 1. The summed E-state index contributed by atoms with van der Waals surface area (Å²) < 4.78 is 14.5. The van der Waals surface area contributed by atoms with Gasteiger partial charge in [-0.1, -0.05) is 44.2 Å². The van der Waals surface area contributed by atoms with Crippen molar-refractivity contribution < 1.29 is 13.9 Å². The number of hydrogen-bond donors (Lipinski definition) is 0. The van der Waals surface area contributed by atoms with Gasteiger partial charge in [0.1, 0.15) is 5.76 Å². The van der Waals surface area contributed by atoms with Crippen molar-refractivity contribution in [1.29, 1.82) is 0 Å². The molecular weight excluding hydrogens is 412 g/mol. The largest absolute Gasteiger partial charge is 0.463 e. The van der Waals surface area contributed by atoms with Gasteiger partial charge in [-0.15, -0.1) is 0 Å². The second-order valence-electron chi connectivity index (χ2n) is 7.97. The number of ether oxygens (including phenoxy) is 1. The molecule has 0 spiro atoms. The maximum Gasteiger partial charge on any atom is 0.373 e. The van der Waals surface area contributed by atoms with Crippen LogP contribution in [0.25, 0.3) is 11.2 Å². The predicted molar refractivity (Wildman–Crippen MR) is 118 cm³/mol. The predicted octanol–water partition coefficient (Wildman–Crippen LogP) is 2.49. The Bertz CT molecular complexity index is 1380. The molecule has 0 bridgehead atoms. The SMILES string of the molecule is COC(=O)c1ccc(Cn2c(=O)c3c(ncn3CC(C)C)n(Cc3ccccc3)c2=O)o1. The number of hydrogen-bond acceptors (Lipinski definition) is 6. The van der Waals surface area contributed by atoms with Crippen LogP contribution in [0.5, 0.6) is 0 Å². The maximum absolute atomic E-state index is 13.4. The average Bonchev–Trinajstić information content (AvgIpc) is 3.41. The molecule has 0 N–H and O–H groups in total. The van der Waals surface area contributed by atoms with Crippen LogP contribution in [-0.4, -0.2) is 31.8 Å². The first kappa shape index (κ1) is 21.4. The number of rotatable bonds is 7. The molecule has 0 fully saturated rings. The highest BCUT2D eigenvalue weighted by Gasteiger charge is 2.20. The Morgan fingerprint density at radius 1 is 1.06 bits per heavy atom. The minimum absolute atomic E-state index is 0.00564. The van der Waals surface area contributed by atoms with E-state index in [-0.39, 0.29) is 24.8 Å². The van der Waals surface area contributed by atoms with E-state index in [2.05, 4.69) is 9.72 Å². The highest BCUT2D eigenvalue weighted by atomic mass is 16.5. The van der Waals surface area contributed by atoms with E-state index in [1.807, 2.05) is 44.2 Å². The lowest BCUT2D eigenvalue weighted by Gasteiger charge is -2.13. The fourth-order valence-electron chi connectivity index (χ4n) is 3.65. The minimum atomic E-state index is -0.629. The molecule has 0 amide bonds. The van der Waals surface area contributed by atoms with Crippen LogP contribution in [0, 0.1) is 5.92 Å². The van der Waals surface area contributed by atoms with Crippen LogP contribution in [0.4, 0.5) is 0 Å². The molecule has 1 aromatic carbocycles. The van der Waals surface area contributed by atoms with Gasteiger partial charge in [-0.25, -0.2) is 14.6 Å². The van der Waals surface area contributed by atoms with Crippen LogP contribution in [-0.2, 0) is 24.4 Å². The second kappa shape index (κ2) is 8.70. The normalized spacial score (nSPS) is 11.4. The van der Waals surface area contributed by atoms with Crippen molar-refractivity contribution in [2.45, 2.75) is 33.5 Å². The number of benzene rings is 1. The quantitative estimate of drug-likeness (QED) is 0.413. The smallest absolute Gasteiger partial charge is 0.373 e. The van der Waals surface area contributed by atoms with Gasteiger partial charge >= 0.3 is 11.7 Å². The van der Waals surface area contributed by atoms with Crippen molar-refractivity contribution in [2.24, 2.45) is 5.92 Å². The van der Waals surface area contributed by atoms with E-state index < -0.39 is 17.2 Å². The zero-order chi connectivity index (χ0) is 22.8. The zero-order valence-electron chi connectivity index (χ0n) is 18.1. The van der Waals surface area contributed by atoms with Crippen molar-refractivity contribution in [3.63, 3.8) is 0 Å². The molecule has 0 atom stereocenters. The molecule has 32 heavy (non-hydrogen) atoms. The molecule has 166 valence electrons. The molecule has 9 nitrogen and oxygen atoms in total. The average molecular weight is 436 g/mol. The molecule has 0 unspecified atom stereocenters. The Kier molecular flexibility index (Phi) is 5.81. The summed E-state index contributed by atoms with van der Waals surface area (Å²) in [6, 6.07) is 12.5. The number of aromatic nitrogens is 4. The van der Waals surface area contributed by atoms with Crippen molar-refractivity contribution in [2.75, 3.05) is 7.11 Å². The summed E-state index contributed by atoms with van der Waals surface area (Å²) in [5.41, 5.74) is 0.649. The third kappa shape index (κ3) is 4.01. The van der Waals surface area contributed by atoms with Crippen LogP contribution >= 0.6 is 0 Å². The van der Waals surface area contributed by atoms with Crippen molar-refractivity contribution >= 4 is 17.1 Å². The maximum atomic E-state index is 13.4. The molecule has 3 aromatic heterocycles. The van der Waals surface area contributed by atoms with Crippen molar-refractivity contribution in [3.05, 3.63) is 86.7 Å². The molecule has 0 saturated carbocycles. The van der Waals surface area contributed by atoms with E-state index in [9.17, 15) is 14.4 Å². The number of carbonyl (C=O) groups excluding carboxylic acids is 1. The van der Waals surface area contributed by atoms with Gasteiger partial charge < -0.3 is 13.7 Å². The van der Waals surface area contributed by atoms with Gasteiger partial charge in [0.25, 0.3) is 5.56 Å².